The number of halogens is 2. The Morgan fingerprint density at radius 1 is 1.33 bits per heavy atom. The normalized spacial score (nSPS) is 18.4. The molecule has 1 atom stereocenters. The molecule has 1 aromatic carbocycles. The summed E-state index contributed by atoms with van der Waals surface area (Å²) in [5, 5.41) is 1.73. The van der Waals surface area contributed by atoms with Crippen molar-refractivity contribution in [2.45, 2.75) is 5.25 Å². The maximum absolute atomic E-state index is 13.3. The Hall–Kier alpha value is -2.43. The second-order valence-electron chi connectivity index (χ2n) is 6.99. The van der Waals surface area contributed by atoms with E-state index in [-0.39, 0.29) is 23.9 Å². The summed E-state index contributed by atoms with van der Waals surface area (Å²) in [4.78, 5) is 19.9. The van der Waals surface area contributed by atoms with Gasteiger partial charge in [0.2, 0.25) is 0 Å². The minimum absolute atomic E-state index is 0.0330. The molecule has 0 saturated carbocycles. The maximum atomic E-state index is 13.3. The molecule has 1 saturated heterocycles. The second kappa shape index (κ2) is 8.01. The Balaban J connectivity index is 1.53. The van der Waals surface area contributed by atoms with Crippen LogP contribution in [0, 0.1) is 5.82 Å². The van der Waals surface area contributed by atoms with Gasteiger partial charge in [-0.25, -0.2) is 22.6 Å². The van der Waals surface area contributed by atoms with Gasteiger partial charge >= 0.3 is 6.03 Å². The highest BCUT2D eigenvalue weighted by Gasteiger charge is 2.37. The average Bonchev–Trinajstić information content (AvgIpc) is 3.33. The first-order valence-electron chi connectivity index (χ1n) is 9.03. The molecule has 0 aliphatic carbocycles. The van der Waals surface area contributed by atoms with E-state index in [9.17, 15) is 17.6 Å². The lowest BCUT2D eigenvalue weighted by atomic mass is 10.3. The monoisotopic (exact) mass is 468 g/mol. The van der Waals surface area contributed by atoms with E-state index in [0.29, 0.717) is 10.6 Å². The predicted octanol–water partition coefficient (Wildman–Crippen LogP) is 3.94. The van der Waals surface area contributed by atoms with Gasteiger partial charge in [-0.1, -0.05) is 11.6 Å². The second-order valence-corrected chi connectivity index (χ2v) is 10.8. The van der Waals surface area contributed by atoms with Crippen LogP contribution in [-0.2, 0) is 16.9 Å². The van der Waals surface area contributed by atoms with E-state index in [0.717, 1.165) is 16.6 Å². The predicted molar refractivity (Wildman–Crippen MR) is 115 cm³/mol. The first kappa shape index (κ1) is 20.8. The average molecular weight is 469 g/mol. The van der Waals surface area contributed by atoms with Crippen LogP contribution in [0.1, 0.15) is 10.1 Å². The van der Waals surface area contributed by atoms with Crippen molar-refractivity contribution in [3.63, 3.8) is 0 Å². The Kier molecular flexibility index (Phi) is 5.56. The van der Waals surface area contributed by atoms with E-state index in [1.165, 1.54) is 28.4 Å². The number of benzene rings is 1. The number of aromatic nitrogens is 2. The first-order chi connectivity index (χ1) is 14.2. The SMILES string of the molecule is Cn1cnc(-c2ccc([C@H]3CN(C(=O)Nc4ccc(F)c(Cl)c4)CCS3(=O)=O)s2)c1. The van der Waals surface area contributed by atoms with Crippen LogP contribution in [0.3, 0.4) is 0 Å². The number of rotatable bonds is 3. The Labute approximate surface area is 182 Å². The number of hydrogen-bond acceptors (Lipinski definition) is 5. The van der Waals surface area contributed by atoms with Crippen molar-refractivity contribution in [2.75, 3.05) is 24.2 Å². The molecule has 30 heavy (non-hydrogen) atoms. The topological polar surface area (TPSA) is 84.3 Å². The van der Waals surface area contributed by atoms with Crippen molar-refractivity contribution < 1.29 is 17.6 Å². The van der Waals surface area contributed by atoms with Gasteiger partial charge in [-0.15, -0.1) is 11.3 Å². The lowest BCUT2D eigenvalue weighted by Crippen LogP contribution is -2.47. The van der Waals surface area contributed by atoms with E-state index >= 15 is 0 Å². The quantitative estimate of drug-likeness (QED) is 0.631. The third kappa shape index (κ3) is 4.21. The lowest BCUT2D eigenvalue weighted by molar-refractivity contribution is 0.212. The van der Waals surface area contributed by atoms with Crippen molar-refractivity contribution in [2.24, 2.45) is 7.05 Å². The third-order valence-corrected chi connectivity index (χ3v) is 8.51. The summed E-state index contributed by atoms with van der Waals surface area (Å²) >= 11 is 7.11. The molecule has 1 aliphatic heterocycles. The lowest BCUT2D eigenvalue weighted by Gasteiger charge is -2.32. The molecule has 2 aromatic heterocycles. The molecule has 0 unspecified atom stereocenters. The summed E-state index contributed by atoms with van der Waals surface area (Å²) in [6.45, 7) is 0.114. The minimum Gasteiger partial charge on any atom is -0.340 e. The summed E-state index contributed by atoms with van der Waals surface area (Å²) in [6, 6.07) is 7.03. The zero-order valence-corrected chi connectivity index (χ0v) is 18.3. The number of amides is 2. The molecule has 0 spiro atoms. The summed E-state index contributed by atoms with van der Waals surface area (Å²) in [5.74, 6) is -0.716. The van der Waals surface area contributed by atoms with Gasteiger partial charge in [-0.05, 0) is 30.3 Å². The molecule has 7 nitrogen and oxygen atoms in total. The number of nitrogens with one attached hydrogen (secondary N) is 1. The van der Waals surface area contributed by atoms with Gasteiger partial charge in [-0.3, -0.25) is 0 Å². The molecule has 1 fully saturated rings. The third-order valence-electron chi connectivity index (χ3n) is 4.82. The van der Waals surface area contributed by atoms with Gasteiger partial charge in [0.1, 0.15) is 11.1 Å². The van der Waals surface area contributed by atoms with E-state index in [1.807, 2.05) is 23.9 Å². The highest BCUT2D eigenvalue weighted by molar-refractivity contribution is 7.91. The molecule has 1 N–H and O–H groups in total. The number of nitrogens with zero attached hydrogens (tertiary/aromatic N) is 3. The molecule has 0 bridgehead atoms. The Bertz CT molecular complexity index is 1210. The van der Waals surface area contributed by atoms with Crippen LogP contribution in [-0.4, -0.2) is 47.7 Å². The number of carbonyl (C=O) groups excluding carboxylic acids is 1. The number of carbonyl (C=O) groups is 1. The van der Waals surface area contributed by atoms with Gasteiger partial charge < -0.3 is 14.8 Å². The molecular weight excluding hydrogens is 451 g/mol. The summed E-state index contributed by atoms with van der Waals surface area (Å²) < 4.78 is 40.6. The molecule has 3 aromatic rings. The Morgan fingerprint density at radius 2 is 2.13 bits per heavy atom. The molecule has 3 heterocycles. The highest BCUT2D eigenvalue weighted by Crippen LogP contribution is 2.36. The van der Waals surface area contributed by atoms with Crippen LogP contribution in [0.2, 0.25) is 5.02 Å². The van der Waals surface area contributed by atoms with Gasteiger partial charge in [0.15, 0.2) is 9.84 Å². The summed E-state index contributed by atoms with van der Waals surface area (Å²) in [6.07, 6.45) is 3.54. The molecule has 11 heteroatoms. The fourth-order valence-electron chi connectivity index (χ4n) is 3.22. The van der Waals surface area contributed by atoms with Gasteiger partial charge in [0.25, 0.3) is 0 Å². The van der Waals surface area contributed by atoms with E-state index in [1.54, 1.807) is 12.4 Å². The van der Waals surface area contributed by atoms with Crippen LogP contribution in [0.25, 0.3) is 10.6 Å². The Morgan fingerprint density at radius 3 is 2.83 bits per heavy atom. The molecule has 0 radical (unpaired) electrons. The minimum atomic E-state index is -3.40. The van der Waals surface area contributed by atoms with Crippen molar-refractivity contribution in [3.8, 4) is 10.6 Å². The van der Waals surface area contributed by atoms with Crippen LogP contribution in [0.5, 0.6) is 0 Å². The number of anilines is 1. The molecule has 4 rings (SSSR count). The molecular formula is C19H18ClFN4O3S2. The van der Waals surface area contributed by atoms with Crippen LogP contribution >= 0.6 is 22.9 Å². The van der Waals surface area contributed by atoms with Gasteiger partial charge in [0, 0.05) is 36.9 Å². The fourth-order valence-corrected chi connectivity index (χ4v) is 6.52. The molecule has 2 amide bonds. The zero-order valence-electron chi connectivity index (χ0n) is 15.9. The van der Waals surface area contributed by atoms with Crippen molar-refractivity contribution in [3.05, 3.63) is 58.6 Å². The van der Waals surface area contributed by atoms with Crippen LogP contribution in [0.15, 0.2) is 42.9 Å². The maximum Gasteiger partial charge on any atom is 0.321 e. The zero-order chi connectivity index (χ0) is 21.5. The van der Waals surface area contributed by atoms with Crippen LogP contribution < -0.4 is 5.32 Å². The van der Waals surface area contributed by atoms with E-state index in [4.69, 9.17) is 11.6 Å². The van der Waals surface area contributed by atoms with Crippen LogP contribution in [0.4, 0.5) is 14.9 Å². The van der Waals surface area contributed by atoms with E-state index < -0.39 is 26.9 Å². The number of hydrogen-bond donors (Lipinski definition) is 1. The standard InChI is InChI=1S/C19H18ClFN4O3S2/c1-24-9-15(22-11-24)16-4-5-17(29-16)18-10-25(6-7-30(18,27)28)19(26)23-12-2-3-14(21)13(20)8-12/h2-5,8-9,11,18H,6-7,10H2,1H3,(H,23,26)/t18-/m1/s1. The van der Waals surface area contributed by atoms with Crippen molar-refractivity contribution in [1.29, 1.82) is 0 Å². The number of imidazole rings is 1. The number of thiophene rings is 1. The van der Waals surface area contributed by atoms with Crippen molar-refractivity contribution in [1.82, 2.24) is 14.5 Å². The smallest absolute Gasteiger partial charge is 0.321 e. The largest absolute Gasteiger partial charge is 0.340 e. The van der Waals surface area contributed by atoms with Gasteiger partial charge in [-0.2, -0.15) is 0 Å². The highest BCUT2D eigenvalue weighted by atomic mass is 35.5. The molecule has 1 aliphatic rings. The number of sulfone groups is 1. The summed E-state index contributed by atoms with van der Waals surface area (Å²) in [7, 11) is -1.54. The number of aryl methyl sites for hydroxylation is 1. The fraction of sp³-hybridized carbons (Fsp3) is 0.263. The van der Waals surface area contributed by atoms with Crippen molar-refractivity contribution >= 4 is 44.5 Å². The first-order valence-corrected chi connectivity index (χ1v) is 11.9. The number of urea groups is 1. The van der Waals surface area contributed by atoms with E-state index in [2.05, 4.69) is 10.3 Å². The molecule has 158 valence electrons. The van der Waals surface area contributed by atoms with Gasteiger partial charge in [0.05, 0.1) is 27.7 Å². The summed E-state index contributed by atoms with van der Waals surface area (Å²) in [5.41, 5.74) is 1.11.